The van der Waals surface area contributed by atoms with Gasteiger partial charge in [-0.15, -0.1) is 0 Å². The summed E-state index contributed by atoms with van der Waals surface area (Å²) < 4.78 is 5.38. The van der Waals surface area contributed by atoms with E-state index in [9.17, 15) is 4.79 Å². The van der Waals surface area contributed by atoms with Crippen LogP contribution in [0.4, 0.5) is 0 Å². The van der Waals surface area contributed by atoms with Crippen molar-refractivity contribution in [3.05, 3.63) is 0 Å². The molecular formula is C15H28O2. The molecule has 0 radical (unpaired) electrons. The molecular weight excluding hydrogens is 212 g/mol. The lowest BCUT2D eigenvalue weighted by Gasteiger charge is -2.15. The Kier molecular flexibility index (Phi) is 8.12. The fourth-order valence-electron chi connectivity index (χ4n) is 2.51. The minimum atomic E-state index is 0.0722. The van der Waals surface area contributed by atoms with E-state index in [0.29, 0.717) is 6.61 Å². The Balaban J connectivity index is 2.34. The van der Waals surface area contributed by atoms with E-state index >= 15 is 0 Å². The minimum absolute atomic E-state index is 0.0722. The molecule has 0 aromatic rings. The highest BCUT2D eigenvalue weighted by atomic mass is 16.5. The monoisotopic (exact) mass is 240 g/mol. The van der Waals surface area contributed by atoms with Crippen LogP contribution in [0.1, 0.15) is 77.6 Å². The second-order valence-electron chi connectivity index (χ2n) is 5.27. The van der Waals surface area contributed by atoms with Gasteiger partial charge in [-0.05, 0) is 19.3 Å². The summed E-state index contributed by atoms with van der Waals surface area (Å²) in [5.41, 5.74) is 0. The summed E-state index contributed by atoms with van der Waals surface area (Å²) in [4.78, 5) is 11.9. The summed E-state index contributed by atoms with van der Waals surface area (Å²) in [6.45, 7) is 2.85. The topological polar surface area (TPSA) is 26.3 Å². The second kappa shape index (κ2) is 9.49. The molecule has 1 aliphatic heterocycles. The molecule has 0 saturated carbocycles. The molecule has 0 aromatic heterocycles. The van der Waals surface area contributed by atoms with Gasteiger partial charge in [-0.2, -0.15) is 0 Å². The van der Waals surface area contributed by atoms with Gasteiger partial charge >= 0.3 is 5.97 Å². The Morgan fingerprint density at radius 3 is 2.53 bits per heavy atom. The normalized spacial score (nSPS) is 23.8. The predicted molar refractivity (Wildman–Crippen MR) is 70.9 cm³/mol. The van der Waals surface area contributed by atoms with E-state index in [0.717, 1.165) is 19.3 Å². The van der Waals surface area contributed by atoms with Gasteiger partial charge in [0.2, 0.25) is 0 Å². The van der Waals surface area contributed by atoms with E-state index in [1.54, 1.807) is 0 Å². The quantitative estimate of drug-likeness (QED) is 0.535. The highest BCUT2D eigenvalue weighted by molar-refractivity contribution is 5.72. The van der Waals surface area contributed by atoms with Gasteiger partial charge in [0.1, 0.15) is 0 Å². The number of carbonyl (C=O) groups is 1. The third-order valence-corrected chi connectivity index (χ3v) is 3.68. The van der Waals surface area contributed by atoms with Crippen molar-refractivity contribution in [3.8, 4) is 0 Å². The first-order chi connectivity index (χ1) is 8.34. The van der Waals surface area contributed by atoms with E-state index in [1.165, 1.54) is 51.4 Å². The van der Waals surface area contributed by atoms with Gasteiger partial charge in [-0.1, -0.05) is 58.3 Å². The van der Waals surface area contributed by atoms with Gasteiger partial charge in [0.25, 0.3) is 0 Å². The number of esters is 1. The maximum Gasteiger partial charge on any atom is 0.308 e. The SMILES string of the molecule is CCCCCC1CCCCCCCCOC1=O. The molecule has 17 heavy (non-hydrogen) atoms. The van der Waals surface area contributed by atoms with Crippen LogP contribution in [-0.4, -0.2) is 12.6 Å². The first kappa shape index (κ1) is 14.5. The summed E-state index contributed by atoms with van der Waals surface area (Å²) in [7, 11) is 0. The van der Waals surface area contributed by atoms with Crippen LogP contribution in [0.3, 0.4) is 0 Å². The number of ether oxygens (including phenoxy) is 1. The molecule has 1 atom stereocenters. The lowest BCUT2D eigenvalue weighted by atomic mass is 9.95. The molecule has 2 nitrogen and oxygen atoms in total. The molecule has 1 aliphatic rings. The van der Waals surface area contributed by atoms with Crippen LogP contribution >= 0.6 is 0 Å². The van der Waals surface area contributed by atoms with Gasteiger partial charge in [-0.25, -0.2) is 0 Å². The molecule has 0 bridgehead atoms. The summed E-state index contributed by atoms with van der Waals surface area (Å²) in [5, 5.41) is 0. The third kappa shape index (κ3) is 6.70. The Morgan fingerprint density at radius 1 is 1.06 bits per heavy atom. The molecule has 0 aromatic carbocycles. The zero-order valence-corrected chi connectivity index (χ0v) is 11.4. The number of hydrogen-bond donors (Lipinski definition) is 0. The van der Waals surface area contributed by atoms with Gasteiger partial charge in [-0.3, -0.25) is 4.79 Å². The van der Waals surface area contributed by atoms with Crippen molar-refractivity contribution in [1.29, 1.82) is 0 Å². The average Bonchev–Trinajstić information content (AvgIpc) is 2.37. The summed E-state index contributed by atoms with van der Waals surface area (Å²) in [6, 6.07) is 0. The van der Waals surface area contributed by atoms with Crippen molar-refractivity contribution >= 4 is 5.97 Å². The molecule has 1 fully saturated rings. The van der Waals surface area contributed by atoms with Crippen molar-refractivity contribution in [2.24, 2.45) is 5.92 Å². The zero-order valence-electron chi connectivity index (χ0n) is 11.4. The van der Waals surface area contributed by atoms with Crippen LogP contribution in [0.2, 0.25) is 0 Å². The van der Waals surface area contributed by atoms with Crippen LogP contribution in [-0.2, 0) is 9.53 Å². The molecule has 0 aliphatic carbocycles. The molecule has 0 spiro atoms. The Morgan fingerprint density at radius 2 is 1.76 bits per heavy atom. The first-order valence-corrected chi connectivity index (χ1v) is 7.51. The Labute approximate surface area is 106 Å². The first-order valence-electron chi connectivity index (χ1n) is 7.51. The van der Waals surface area contributed by atoms with Crippen LogP contribution in [0.5, 0.6) is 0 Å². The molecule has 0 N–H and O–H groups in total. The van der Waals surface area contributed by atoms with Gasteiger partial charge < -0.3 is 4.74 Å². The third-order valence-electron chi connectivity index (χ3n) is 3.68. The number of hydrogen-bond acceptors (Lipinski definition) is 2. The van der Waals surface area contributed by atoms with Crippen LogP contribution in [0.15, 0.2) is 0 Å². The number of unbranched alkanes of at least 4 members (excludes halogenated alkanes) is 2. The van der Waals surface area contributed by atoms with Crippen LogP contribution < -0.4 is 0 Å². The Hall–Kier alpha value is -0.530. The highest BCUT2D eigenvalue weighted by Gasteiger charge is 2.19. The maximum absolute atomic E-state index is 11.9. The van der Waals surface area contributed by atoms with Crippen LogP contribution in [0, 0.1) is 5.92 Å². The molecule has 1 saturated heterocycles. The molecule has 1 heterocycles. The maximum atomic E-state index is 11.9. The van der Waals surface area contributed by atoms with E-state index in [4.69, 9.17) is 4.74 Å². The molecule has 100 valence electrons. The van der Waals surface area contributed by atoms with Crippen molar-refractivity contribution in [2.45, 2.75) is 77.6 Å². The fourth-order valence-corrected chi connectivity index (χ4v) is 2.51. The van der Waals surface area contributed by atoms with E-state index in [1.807, 2.05) is 0 Å². The summed E-state index contributed by atoms with van der Waals surface area (Å²) >= 11 is 0. The highest BCUT2D eigenvalue weighted by Crippen LogP contribution is 2.21. The van der Waals surface area contributed by atoms with E-state index < -0.39 is 0 Å². The fraction of sp³-hybridized carbons (Fsp3) is 0.933. The lowest BCUT2D eigenvalue weighted by Crippen LogP contribution is -2.18. The predicted octanol–water partition coefficient (Wildman–Crippen LogP) is 4.47. The van der Waals surface area contributed by atoms with Crippen molar-refractivity contribution in [3.63, 3.8) is 0 Å². The minimum Gasteiger partial charge on any atom is -0.465 e. The van der Waals surface area contributed by atoms with Crippen molar-refractivity contribution < 1.29 is 9.53 Å². The van der Waals surface area contributed by atoms with Gasteiger partial charge in [0.15, 0.2) is 0 Å². The number of carbonyl (C=O) groups excluding carboxylic acids is 1. The Bertz CT molecular complexity index is 201. The molecule has 0 amide bonds. The standard InChI is InChI=1S/C15H28O2/c1-2-3-8-11-14-12-9-6-4-5-7-10-13-17-15(14)16/h14H,2-13H2,1H3. The molecule has 1 unspecified atom stereocenters. The van der Waals surface area contributed by atoms with E-state index in [2.05, 4.69) is 6.92 Å². The summed E-state index contributed by atoms with van der Waals surface area (Å²) in [6.07, 6.45) is 13.1. The zero-order chi connectivity index (χ0) is 12.3. The van der Waals surface area contributed by atoms with Gasteiger partial charge in [0.05, 0.1) is 12.5 Å². The lowest BCUT2D eigenvalue weighted by molar-refractivity contribution is -0.149. The smallest absolute Gasteiger partial charge is 0.308 e. The van der Waals surface area contributed by atoms with Crippen LogP contribution in [0.25, 0.3) is 0 Å². The number of cyclic esters (lactones) is 1. The molecule has 2 heteroatoms. The van der Waals surface area contributed by atoms with Crippen molar-refractivity contribution in [1.82, 2.24) is 0 Å². The second-order valence-corrected chi connectivity index (χ2v) is 5.27. The molecule has 1 rings (SSSR count). The van der Waals surface area contributed by atoms with E-state index in [-0.39, 0.29) is 11.9 Å². The average molecular weight is 240 g/mol. The van der Waals surface area contributed by atoms with Gasteiger partial charge in [0, 0.05) is 0 Å². The summed E-state index contributed by atoms with van der Waals surface area (Å²) in [5.74, 6) is 0.252. The van der Waals surface area contributed by atoms with Crippen molar-refractivity contribution in [2.75, 3.05) is 6.61 Å². The largest absolute Gasteiger partial charge is 0.465 e. The number of rotatable bonds is 4.